The molecular formula is C13H19F3N2O2S2. The SMILES string of the molecule is C[C@H](NS(=O)(=O)NC(C)(C)C)c1ccc(SC(F)(F)F)cc1. The van der Waals surface area contributed by atoms with Crippen molar-refractivity contribution in [2.24, 2.45) is 0 Å². The average molecular weight is 356 g/mol. The van der Waals surface area contributed by atoms with Crippen molar-refractivity contribution in [1.29, 1.82) is 0 Å². The average Bonchev–Trinajstić information content (AvgIpc) is 2.23. The van der Waals surface area contributed by atoms with Crippen molar-refractivity contribution in [3.63, 3.8) is 0 Å². The van der Waals surface area contributed by atoms with Crippen molar-refractivity contribution >= 4 is 22.0 Å². The maximum absolute atomic E-state index is 12.2. The van der Waals surface area contributed by atoms with Crippen molar-refractivity contribution in [3.05, 3.63) is 29.8 Å². The third-order valence-corrected chi connectivity index (χ3v) is 4.67. The van der Waals surface area contributed by atoms with Crippen LogP contribution in [0.4, 0.5) is 13.2 Å². The first-order valence-corrected chi connectivity index (χ1v) is 8.74. The molecule has 126 valence electrons. The first kappa shape index (κ1) is 19.3. The Kier molecular flexibility index (Phi) is 5.94. The zero-order chi connectivity index (χ0) is 17.2. The van der Waals surface area contributed by atoms with E-state index in [1.54, 1.807) is 27.7 Å². The van der Waals surface area contributed by atoms with Gasteiger partial charge in [-0.1, -0.05) is 12.1 Å². The Labute approximate surface area is 133 Å². The molecule has 0 saturated heterocycles. The van der Waals surface area contributed by atoms with Gasteiger partial charge in [-0.25, -0.2) is 0 Å². The second kappa shape index (κ2) is 6.77. The summed E-state index contributed by atoms with van der Waals surface area (Å²) >= 11 is -0.209. The summed E-state index contributed by atoms with van der Waals surface area (Å²) in [5, 5.41) is 0. The summed E-state index contributed by atoms with van der Waals surface area (Å²) in [4.78, 5) is 0.0547. The van der Waals surface area contributed by atoms with Crippen LogP contribution in [0.2, 0.25) is 0 Å². The minimum absolute atomic E-state index is 0.0547. The lowest BCUT2D eigenvalue weighted by atomic mass is 10.1. The van der Waals surface area contributed by atoms with E-state index in [1.807, 2.05) is 0 Å². The van der Waals surface area contributed by atoms with Gasteiger partial charge in [-0.2, -0.15) is 31.0 Å². The number of hydrogen-bond donors (Lipinski definition) is 2. The van der Waals surface area contributed by atoms with Gasteiger partial charge < -0.3 is 0 Å². The van der Waals surface area contributed by atoms with Crippen LogP contribution in [0.25, 0.3) is 0 Å². The van der Waals surface area contributed by atoms with Crippen molar-refractivity contribution < 1.29 is 21.6 Å². The minimum Gasteiger partial charge on any atom is -0.197 e. The van der Waals surface area contributed by atoms with Gasteiger partial charge in [0.2, 0.25) is 0 Å². The largest absolute Gasteiger partial charge is 0.446 e. The van der Waals surface area contributed by atoms with E-state index in [2.05, 4.69) is 9.44 Å². The molecule has 0 fully saturated rings. The lowest BCUT2D eigenvalue weighted by Crippen LogP contribution is -2.47. The summed E-state index contributed by atoms with van der Waals surface area (Å²) in [6.45, 7) is 6.74. The van der Waals surface area contributed by atoms with E-state index in [-0.39, 0.29) is 16.7 Å². The minimum atomic E-state index is -4.34. The van der Waals surface area contributed by atoms with Crippen LogP contribution in [0.15, 0.2) is 29.2 Å². The maximum atomic E-state index is 12.2. The van der Waals surface area contributed by atoms with Gasteiger partial charge in [-0.15, -0.1) is 0 Å². The molecule has 0 aliphatic heterocycles. The van der Waals surface area contributed by atoms with Crippen LogP contribution in [0.3, 0.4) is 0 Å². The molecule has 0 saturated carbocycles. The Bertz CT molecular complexity index is 593. The number of hydrogen-bond acceptors (Lipinski definition) is 3. The molecule has 0 unspecified atom stereocenters. The summed E-state index contributed by atoms with van der Waals surface area (Å²) in [6.07, 6.45) is 0. The number of benzene rings is 1. The number of halogens is 3. The molecule has 1 rings (SSSR count). The molecule has 1 aromatic carbocycles. The van der Waals surface area contributed by atoms with E-state index in [9.17, 15) is 21.6 Å². The summed E-state index contributed by atoms with van der Waals surface area (Å²) in [7, 11) is -3.71. The van der Waals surface area contributed by atoms with E-state index in [4.69, 9.17) is 0 Å². The molecule has 0 spiro atoms. The van der Waals surface area contributed by atoms with Crippen LogP contribution in [0, 0.1) is 0 Å². The summed E-state index contributed by atoms with van der Waals surface area (Å²) in [5.41, 5.74) is -4.39. The smallest absolute Gasteiger partial charge is 0.197 e. The Morgan fingerprint density at radius 3 is 2.00 bits per heavy atom. The fourth-order valence-corrected chi connectivity index (χ4v) is 3.70. The van der Waals surface area contributed by atoms with E-state index in [0.29, 0.717) is 5.56 Å². The molecule has 1 aromatic rings. The molecule has 0 bridgehead atoms. The fraction of sp³-hybridized carbons (Fsp3) is 0.538. The number of rotatable bonds is 5. The van der Waals surface area contributed by atoms with Gasteiger partial charge in [0, 0.05) is 16.5 Å². The van der Waals surface area contributed by atoms with Crippen LogP contribution < -0.4 is 9.44 Å². The highest BCUT2D eigenvalue weighted by molar-refractivity contribution is 8.00. The van der Waals surface area contributed by atoms with Crippen molar-refractivity contribution in [3.8, 4) is 0 Å². The fourth-order valence-electron chi connectivity index (χ4n) is 1.69. The third-order valence-electron chi connectivity index (χ3n) is 2.39. The van der Waals surface area contributed by atoms with E-state index >= 15 is 0 Å². The Morgan fingerprint density at radius 1 is 1.09 bits per heavy atom. The molecule has 9 heteroatoms. The molecule has 1 atom stereocenters. The molecule has 2 N–H and O–H groups in total. The first-order chi connectivity index (χ1) is 9.77. The van der Waals surface area contributed by atoms with E-state index in [0.717, 1.165) is 0 Å². The standard InChI is InChI=1S/C13H19F3N2O2S2/c1-9(17-22(19,20)18-12(2,3)4)10-5-7-11(8-6-10)21-13(14,15)16/h5-9,17-18H,1-4H3/t9-/m0/s1. The van der Waals surface area contributed by atoms with Crippen LogP contribution in [0.5, 0.6) is 0 Å². The zero-order valence-corrected chi connectivity index (χ0v) is 14.3. The van der Waals surface area contributed by atoms with E-state index in [1.165, 1.54) is 24.3 Å². The van der Waals surface area contributed by atoms with Gasteiger partial charge >= 0.3 is 5.51 Å². The second-order valence-corrected chi connectivity index (χ2v) is 8.40. The highest BCUT2D eigenvalue weighted by Crippen LogP contribution is 2.37. The first-order valence-electron chi connectivity index (χ1n) is 6.44. The number of alkyl halides is 3. The lowest BCUT2D eigenvalue weighted by Gasteiger charge is -2.23. The predicted molar refractivity (Wildman–Crippen MR) is 81.7 cm³/mol. The van der Waals surface area contributed by atoms with Gasteiger partial charge in [0.25, 0.3) is 10.2 Å². The molecule has 0 radical (unpaired) electrons. The second-order valence-electron chi connectivity index (χ2n) is 5.81. The highest BCUT2D eigenvalue weighted by atomic mass is 32.2. The van der Waals surface area contributed by atoms with Crippen molar-refractivity contribution in [2.75, 3.05) is 0 Å². The maximum Gasteiger partial charge on any atom is 0.446 e. The Morgan fingerprint density at radius 2 is 1.59 bits per heavy atom. The monoisotopic (exact) mass is 356 g/mol. The Hall–Kier alpha value is -0.770. The number of nitrogens with one attached hydrogen (secondary N) is 2. The van der Waals surface area contributed by atoms with Gasteiger partial charge in [-0.3, -0.25) is 0 Å². The molecule has 4 nitrogen and oxygen atoms in total. The quantitative estimate of drug-likeness (QED) is 0.793. The van der Waals surface area contributed by atoms with Crippen molar-refractivity contribution in [1.82, 2.24) is 9.44 Å². The molecule has 22 heavy (non-hydrogen) atoms. The molecule has 0 aliphatic carbocycles. The van der Waals surface area contributed by atoms with Crippen molar-refractivity contribution in [2.45, 2.75) is 49.7 Å². The summed E-state index contributed by atoms with van der Waals surface area (Å²) in [6, 6.07) is 5.01. The summed E-state index contributed by atoms with van der Waals surface area (Å²) in [5.74, 6) is 0. The molecule has 0 amide bonds. The zero-order valence-electron chi connectivity index (χ0n) is 12.7. The van der Waals surface area contributed by atoms with Gasteiger partial charge in [0.05, 0.1) is 0 Å². The Balaban J connectivity index is 2.76. The summed E-state index contributed by atoms with van der Waals surface area (Å²) < 4.78 is 65.4. The van der Waals surface area contributed by atoms with Crippen LogP contribution in [-0.2, 0) is 10.2 Å². The normalized spacial score (nSPS) is 14.9. The molecule has 0 aromatic heterocycles. The molecular weight excluding hydrogens is 337 g/mol. The van der Waals surface area contributed by atoms with E-state index < -0.39 is 27.3 Å². The van der Waals surface area contributed by atoms with Crippen LogP contribution in [-0.4, -0.2) is 19.5 Å². The predicted octanol–water partition coefficient (Wildman–Crippen LogP) is 3.58. The third kappa shape index (κ3) is 7.48. The van der Waals surface area contributed by atoms with Gasteiger partial charge in [0.1, 0.15) is 0 Å². The van der Waals surface area contributed by atoms with Gasteiger partial charge in [-0.05, 0) is 57.2 Å². The topological polar surface area (TPSA) is 58.2 Å². The van der Waals surface area contributed by atoms with Crippen LogP contribution in [0.1, 0.15) is 39.3 Å². The number of thioether (sulfide) groups is 1. The lowest BCUT2D eigenvalue weighted by molar-refractivity contribution is -0.0328. The van der Waals surface area contributed by atoms with Crippen LogP contribution >= 0.6 is 11.8 Å². The van der Waals surface area contributed by atoms with Gasteiger partial charge in [0.15, 0.2) is 0 Å². The highest BCUT2D eigenvalue weighted by Gasteiger charge is 2.29. The molecule has 0 aliphatic rings. The molecule has 0 heterocycles.